The number of benzene rings is 1. The zero-order chi connectivity index (χ0) is 29.6. The van der Waals surface area contributed by atoms with Gasteiger partial charge in [0, 0.05) is 45.8 Å². The molecule has 0 radical (unpaired) electrons. The zero-order valence-electron chi connectivity index (χ0n) is 24.7. The molecule has 1 amide bonds. The molecule has 2 aromatic rings. The predicted molar refractivity (Wildman–Crippen MR) is 163 cm³/mol. The van der Waals surface area contributed by atoms with Crippen molar-refractivity contribution in [3.05, 3.63) is 35.5 Å². The molecule has 228 valence electrons. The second-order valence-corrected chi connectivity index (χ2v) is 14.2. The van der Waals surface area contributed by atoms with E-state index in [0.717, 1.165) is 56.0 Å². The van der Waals surface area contributed by atoms with Gasteiger partial charge in [-0.25, -0.2) is 18.1 Å². The number of fused-ring (bicyclic) bond motifs is 1. The monoisotopic (exact) mass is 598 g/mol. The van der Waals surface area contributed by atoms with Crippen molar-refractivity contribution < 1.29 is 23.1 Å². The van der Waals surface area contributed by atoms with Crippen molar-refractivity contribution >= 4 is 38.8 Å². The first-order valence-corrected chi connectivity index (χ1v) is 16.5. The van der Waals surface area contributed by atoms with Gasteiger partial charge < -0.3 is 29.9 Å². The maximum absolute atomic E-state index is 13.8. The van der Waals surface area contributed by atoms with Crippen LogP contribution in [0.5, 0.6) is 0 Å². The average molecular weight is 599 g/mol. The number of likely N-dealkylation sites (N-methyl/N-ethyl adjacent to an activating group) is 1. The van der Waals surface area contributed by atoms with Crippen LogP contribution in [-0.4, -0.2) is 89.5 Å². The highest BCUT2D eigenvalue weighted by Crippen LogP contribution is 2.54. The summed E-state index contributed by atoms with van der Waals surface area (Å²) in [4.78, 5) is 25.4. The normalized spacial score (nSPS) is 22.3. The molecule has 4 heterocycles. The van der Waals surface area contributed by atoms with Crippen LogP contribution in [0.4, 0.5) is 22.9 Å². The summed E-state index contributed by atoms with van der Waals surface area (Å²) in [6, 6.07) is 6.08. The van der Waals surface area contributed by atoms with Gasteiger partial charge in [-0.05, 0) is 81.2 Å². The first kappa shape index (κ1) is 29.2. The number of anilines is 4. The van der Waals surface area contributed by atoms with Crippen LogP contribution in [-0.2, 0) is 21.2 Å². The number of aliphatic hydroxyl groups is 1. The number of ether oxygens (including phenoxy) is 1. The third-order valence-corrected chi connectivity index (χ3v) is 10.8. The van der Waals surface area contributed by atoms with E-state index in [1.807, 2.05) is 13.0 Å². The molecule has 2 saturated heterocycles. The van der Waals surface area contributed by atoms with Crippen molar-refractivity contribution in [1.82, 2.24) is 9.71 Å². The van der Waals surface area contributed by atoms with Crippen molar-refractivity contribution in [2.24, 2.45) is 5.41 Å². The number of nitrogens with zero attached hydrogens (tertiary/aromatic N) is 4. The van der Waals surface area contributed by atoms with Crippen LogP contribution in [0.1, 0.15) is 55.6 Å². The van der Waals surface area contributed by atoms with Gasteiger partial charge in [-0.2, -0.15) is 0 Å². The lowest BCUT2D eigenvalue weighted by atomic mass is 9.93. The van der Waals surface area contributed by atoms with E-state index in [1.54, 1.807) is 19.1 Å². The van der Waals surface area contributed by atoms with E-state index in [9.17, 15) is 18.3 Å². The molecule has 1 aliphatic carbocycles. The fourth-order valence-corrected chi connectivity index (χ4v) is 7.69. The smallest absolute Gasteiger partial charge is 0.274 e. The lowest BCUT2D eigenvalue weighted by Gasteiger charge is -2.35. The Morgan fingerprint density at radius 1 is 1.14 bits per heavy atom. The number of amides is 1. The van der Waals surface area contributed by atoms with E-state index in [4.69, 9.17) is 9.72 Å². The first-order valence-electron chi connectivity index (χ1n) is 15.0. The largest absolute Gasteiger partial charge is 0.395 e. The molecule has 3 fully saturated rings. The number of carbonyl (C=O) groups excluding carboxylic acids is 1. The molecule has 2 atom stereocenters. The van der Waals surface area contributed by atoms with Crippen molar-refractivity contribution in [3.63, 3.8) is 0 Å². The van der Waals surface area contributed by atoms with E-state index >= 15 is 0 Å². The summed E-state index contributed by atoms with van der Waals surface area (Å²) in [7, 11) is -1.80. The summed E-state index contributed by atoms with van der Waals surface area (Å²) < 4.78 is 34.5. The predicted octanol–water partition coefficient (Wildman–Crippen LogP) is 2.59. The molecule has 42 heavy (non-hydrogen) atoms. The summed E-state index contributed by atoms with van der Waals surface area (Å²) in [5.74, 6) is 0.485. The zero-order valence-corrected chi connectivity index (χ0v) is 25.5. The van der Waals surface area contributed by atoms with Crippen molar-refractivity contribution in [1.29, 1.82) is 0 Å². The van der Waals surface area contributed by atoms with Gasteiger partial charge >= 0.3 is 0 Å². The molecule has 1 aromatic carbocycles. The summed E-state index contributed by atoms with van der Waals surface area (Å²) in [5.41, 5.74) is 4.20. The van der Waals surface area contributed by atoms with E-state index in [-0.39, 0.29) is 23.5 Å². The van der Waals surface area contributed by atoms with Crippen LogP contribution >= 0.6 is 0 Å². The van der Waals surface area contributed by atoms with Crippen molar-refractivity contribution in [2.75, 3.05) is 73.0 Å². The van der Waals surface area contributed by atoms with Crippen LogP contribution in [0, 0.1) is 5.41 Å². The minimum Gasteiger partial charge on any atom is -0.395 e. The van der Waals surface area contributed by atoms with Crippen LogP contribution in [0.2, 0.25) is 0 Å². The lowest BCUT2D eigenvalue weighted by molar-refractivity contribution is 0.0530. The summed E-state index contributed by atoms with van der Waals surface area (Å²) in [5, 5.41) is 12.5. The molecule has 12 heteroatoms. The maximum atomic E-state index is 13.8. The minimum absolute atomic E-state index is 0.0759. The summed E-state index contributed by atoms with van der Waals surface area (Å²) in [6.07, 6.45) is 5.54. The van der Waals surface area contributed by atoms with Gasteiger partial charge in [-0.3, -0.25) is 4.79 Å². The van der Waals surface area contributed by atoms with Gasteiger partial charge in [-0.1, -0.05) is 0 Å². The lowest BCUT2D eigenvalue weighted by Crippen LogP contribution is -2.42. The topological polar surface area (TPSA) is 127 Å². The third-order valence-electron chi connectivity index (χ3n) is 9.20. The van der Waals surface area contributed by atoms with Crippen molar-refractivity contribution in [2.45, 2.75) is 63.0 Å². The standard InChI is InChI=1S/C30H42N6O5S/c1-20(19-37)33-42(39,40)23-4-5-24(26(17-23)35-12-9-30(7-8-30)10-13-35)32-29(38)25-16-22-6-11-34(3)27(22)28(31-25)36-14-15-41-21(2)18-36/h4-5,16-17,20-21,33,37H,6-15,18-19H2,1-3H3,(H,32,38)/t20-,21+/m0/s1. The SMILES string of the molecule is C[C@@H]1CN(c2nc(C(=O)Nc3ccc(S(=O)(=O)N[C@@H](C)CO)cc3N3CCC4(CC3)CC4)cc3c2N(C)CC3)CCO1. The molecule has 1 spiro atoms. The Balaban J connectivity index is 1.32. The molecule has 4 aliphatic rings. The Kier molecular flexibility index (Phi) is 7.84. The third kappa shape index (κ3) is 5.82. The molecule has 1 aromatic heterocycles. The second-order valence-electron chi connectivity index (χ2n) is 12.5. The summed E-state index contributed by atoms with van der Waals surface area (Å²) in [6.45, 7) is 7.85. The Labute approximate surface area is 248 Å². The molecule has 6 rings (SSSR count). The molecule has 11 nitrogen and oxygen atoms in total. The van der Waals surface area contributed by atoms with Gasteiger partial charge in [0.25, 0.3) is 5.91 Å². The number of aliphatic hydroxyl groups excluding tert-OH is 1. The number of rotatable bonds is 8. The van der Waals surface area contributed by atoms with E-state index in [1.165, 1.54) is 18.9 Å². The van der Waals surface area contributed by atoms with Gasteiger partial charge in [0.2, 0.25) is 10.0 Å². The molecule has 3 aliphatic heterocycles. The van der Waals surface area contributed by atoms with Crippen LogP contribution in [0.3, 0.4) is 0 Å². The fraction of sp³-hybridized carbons (Fsp3) is 0.600. The number of aromatic nitrogens is 1. The minimum atomic E-state index is -3.86. The molecule has 0 unspecified atom stereocenters. The molecule has 1 saturated carbocycles. The quantitative estimate of drug-likeness (QED) is 0.420. The number of nitrogens with one attached hydrogen (secondary N) is 2. The highest BCUT2D eigenvalue weighted by molar-refractivity contribution is 7.89. The molecular weight excluding hydrogens is 556 g/mol. The van der Waals surface area contributed by atoms with E-state index in [0.29, 0.717) is 42.2 Å². The van der Waals surface area contributed by atoms with Crippen LogP contribution in [0.15, 0.2) is 29.2 Å². The molecule has 0 bridgehead atoms. The first-order chi connectivity index (χ1) is 20.1. The second kappa shape index (κ2) is 11.3. The summed E-state index contributed by atoms with van der Waals surface area (Å²) >= 11 is 0. The van der Waals surface area contributed by atoms with Crippen LogP contribution in [0.25, 0.3) is 0 Å². The molecular formula is C30H42N6O5S. The number of sulfonamides is 1. The number of morpholine rings is 1. The Bertz CT molecular complexity index is 1450. The van der Waals surface area contributed by atoms with Crippen molar-refractivity contribution in [3.8, 4) is 0 Å². The number of carbonyl (C=O) groups is 1. The number of piperidine rings is 1. The van der Waals surface area contributed by atoms with Crippen LogP contribution < -0.4 is 24.7 Å². The van der Waals surface area contributed by atoms with E-state index < -0.39 is 16.1 Å². The van der Waals surface area contributed by atoms with Gasteiger partial charge in [-0.15, -0.1) is 0 Å². The Morgan fingerprint density at radius 2 is 1.90 bits per heavy atom. The van der Waals surface area contributed by atoms with Gasteiger partial charge in [0.15, 0.2) is 5.82 Å². The molecule has 3 N–H and O–H groups in total. The number of pyridine rings is 1. The van der Waals surface area contributed by atoms with Gasteiger partial charge in [0.1, 0.15) is 5.69 Å². The number of hydrogen-bond acceptors (Lipinski definition) is 9. The fourth-order valence-electron chi connectivity index (χ4n) is 6.43. The average Bonchev–Trinajstić information content (AvgIpc) is 3.63. The maximum Gasteiger partial charge on any atom is 0.274 e. The Morgan fingerprint density at radius 3 is 2.60 bits per heavy atom. The van der Waals surface area contributed by atoms with Gasteiger partial charge in [0.05, 0.1) is 41.3 Å². The number of hydrogen-bond donors (Lipinski definition) is 3. The Hall–Kier alpha value is -2.93. The highest BCUT2D eigenvalue weighted by atomic mass is 32.2. The highest BCUT2D eigenvalue weighted by Gasteiger charge is 2.44. The van der Waals surface area contributed by atoms with E-state index in [2.05, 4.69) is 31.8 Å².